The van der Waals surface area contributed by atoms with Crippen LogP contribution in [-0.4, -0.2) is 45.6 Å². The third-order valence-electron chi connectivity index (χ3n) is 5.50. The second-order valence-electron chi connectivity index (χ2n) is 7.05. The summed E-state index contributed by atoms with van der Waals surface area (Å²) in [5.41, 5.74) is 4.56. The first-order valence-corrected chi connectivity index (χ1v) is 10.1. The molecule has 0 fully saturated rings. The largest absolute Gasteiger partial charge is 0.497 e. The van der Waals surface area contributed by atoms with Crippen molar-refractivity contribution in [1.29, 1.82) is 0 Å². The number of imidazole rings is 2. The van der Waals surface area contributed by atoms with Crippen molar-refractivity contribution >= 4 is 29.2 Å². The van der Waals surface area contributed by atoms with E-state index in [1.807, 2.05) is 18.2 Å². The van der Waals surface area contributed by atoms with Crippen molar-refractivity contribution in [3.63, 3.8) is 0 Å². The predicted molar refractivity (Wildman–Crippen MR) is 122 cm³/mol. The summed E-state index contributed by atoms with van der Waals surface area (Å²) in [5.74, 6) is 1.88. The maximum atomic E-state index is 5.32. The molecule has 0 bridgehead atoms. The van der Waals surface area contributed by atoms with Gasteiger partial charge in [0.15, 0.2) is 0 Å². The van der Waals surface area contributed by atoms with Crippen LogP contribution in [0.25, 0.3) is 28.1 Å². The van der Waals surface area contributed by atoms with Crippen LogP contribution >= 0.6 is 12.4 Å². The van der Waals surface area contributed by atoms with Gasteiger partial charge < -0.3 is 14.2 Å². The minimum Gasteiger partial charge on any atom is -0.497 e. The lowest BCUT2D eigenvalue weighted by Gasteiger charge is -2.18. The molecule has 0 spiro atoms. The van der Waals surface area contributed by atoms with E-state index in [1.54, 1.807) is 7.11 Å². The van der Waals surface area contributed by atoms with Gasteiger partial charge in [0.1, 0.15) is 5.75 Å². The number of benzene rings is 2. The van der Waals surface area contributed by atoms with Gasteiger partial charge in [-0.3, -0.25) is 4.40 Å². The van der Waals surface area contributed by atoms with Crippen molar-refractivity contribution in [2.75, 3.05) is 26.7 Å². The van der Waals surface area contributed by atoms with E-state index in [4.69, 9.17) is 9.72 Å². The van der Waals surface area contributed by atoms with E-state index >= 15 is 0 Å². The Hall–Kier alpha value is -2.50. The molecule has 0 saturated carbocycles. The molecule has 6 heteroatoms. The first-order chi connectivity index (χ1) is 13.7. The lowest BCUT2D eigenvalue weighted by atomic mass is 10.1. The number of ether oxygens (including phenoxy) is 1. The molecule has 154 valence electrons. The van der Waals surface area contributed by atoms with Gasteiger partial charge in [-0.1, -0.05) is 26.0 Å². The van der Waals surface area contributed by atoms with Crippen LogP contribution in [0.15, 0.2) is 54.7 Å². The molecule has 2 heterocycles. The minimum atomic E-state index is 0. The molecule has 0 aliphatic rings. The molecular weight excluding hydrogens is 384 g/mol. The Morgan fingerprint density at radius 2 is 1.72 bits per heavy atom. The summed E-state index contributed by atoms with van der Waals surface area (Å²) in [7, 11) is 1.70. The highest BCUT2D eigenvalue weighted by Gasteiger charge is 2.15. The molecule has 4 aromatic rings. The Labute approximate surface area is 178 Å². The monoisotopic (exact) mass is 412 g/mol. The zero-order chi connectivity index (χ0) is 19.5. The van der Waals surface area contributed by atoms with Gasteiger partial charge >= 0.3 is 0 Å². The van der Waals surface area contributed by atoms with Crippen LogP contribution < -0.4 is 4.74 Å². The Morgan fingerprint density at radius 3 is 2.41 bits per heavy atom. The third-order valence-corrected chi connectivity index (χ3v) is 5.50. The number of nitrogens with zero attached hydrogens (tertiary/aromatic N) is 4. The Kier molecular flexibility index (Phi) is 6.83. The Morgan fingerprint density at radius 1 is 1.00 bits per heavy atom. The molecule has 0 N–H and O–H groups in total. The number of hydrogen-bond donors (Lipinski definition) is 0. The summed E-state index contributed by atoms with van der Waals surface area (Å²) < 4.78 is 9.89. The van der Waals surface area contributed by atoms with E-state index in [0.29, 0.717) is 0 Å². The molecule has 0 amide bonds. The summed E-state index contributed by atoms with van der Waals surface area (Å²) in [6, 6.07) is 16.6. The molecule has 2 aromatic carbocycles. The van der Waals surface area contributed by atoms with Crippen LogP contribution in [0.1, 0.15) is 20.3 Å². The van der Waals surface area contributed by atoms with E-state index < -0.39 is 0 Å². The fourth-order valence-corrected chi connectivity index (χ4v) is 3.85. The van der Waals surface area contributed by atoms with Crippen LogP contribution in [0.5, 0.6) is 5.75 Å². The van der Waals surface area contributed by atoms with Gasteiger partial charge in [-0.15, -0.1) is 12.4 Å². The first kappa shape index (κ1) is 21.2. The molecule has 29 heavy (non-hydrogen) atoms. The van der Waals surface area contributed by atoms with Crippen LogP contribution in [0.4, 0.5) is 0 Å². The van der Waals surface area contributed by atoms with E-state index in [9.17, 15) is 0 Å². The highest BCUT2D eigenvalue weighted by Crippen LogP contribution is 2.28. The fraction of sp³-hybridized carbons (Fsp3) is 0.348. The Bertz CT molecular complexity index is 1060. The number of methoxy groups -OCH3 is 1. The van der Waals surface area contributed by atoms with Crippen LogP contribution in [0, 0.1) is 0 Å². The van der Waals surface area contributed by atoms with E-state index in [1.165, 1.54) is 11.3 Å². The van der Waals surface area contributed by atoms with Gasteiger partial charge in [-0.05, 0) is 62.5 Å². The number of para-hydroxylation sites is 2. The first-order valence-electron chi connectivity index (χ1n) is 10.1. The van der Waals surface area contributed by atoms with Gasteiger partial charge in [0.05, 0.1) is 23.8 Å². The van der Waals surface area contributed by atoms with Gasteiger partial charge in [-0.25, -0.2) is 4.98 Å². The topological polar surface area (TPSA) is 34.7 Å². The van der Waals surface area contributed by atoms with E-state index in [0.717, 1.165) is 55.2 Å². The van der Waals surface area contributed by atoms with Crippen LogP contribution in [0.2, 0.25) is 0 Å². The van der Waals surface area contributed by atoms with Gasteiger partial charge in [0, 0.05) is 18.3 Å². The van der Waals surface area contributed by atoms with Crippen molar-refractivity contribution in [2.24, 2.45) is 0 Å². The van der Waals surface area contributed by atoms with Gasteiger partial charge in [0.2, 0.25) is 5.78 Å². The summed E-state index contributed by atoms with van der Waals surface area (Å²) in [5, 5.41) is 0. The summed E-state index contributed by atoms with van der Waals surface area (Å²) >= 11 is 0. The normalized spacial score (nSPS) is 11.3. The van der Waals surface area contributed by atoms with Crippen molar-refractivity contribution < 1.29 is 4.74 Å². The second kappa shape index (κ2) is 9.33. The van der Waals surface area contributed by atoms with Crippen molar-refractivity contribution in [3.8, 4) is 17.0 Å². The molecule has 0 unspecified atom stereocenters. The average Bonchev–Trinajstić information content (AvgIpc) is 3.28. The highest BCUT2D eigenvalue weighted by molar-refractivity contribution is 5.85. The molecule has 0 radical (unpaired) electrons. The van der Waals surface area contributed by atoms with Crippen LogP contribution in [0.3, 0.4) is 0 Å². The maximum absolute atomic E-state index is 5.32. The molecule has 0 atom stereocenters. The number of halogens is 1. The summed E-state index contributed by atoms with van der Waals surface area (Å²) in [6.07, 6.45) is 3.31. The number of rotatable bonds is 8. The highest BCUT2D eigenvalue weighted by atomic mass is 35.5. The van der Waals surface area contributed by atoms with Crippen molar-refractivity contribution in [3.05, 3.63) is 54.7 Å². The van der Waals surface area contributed by atoms with E-state index in [-0.39, 0.29) is 12.4 Å². The molecule has 0 aliphatic heterocycles. The zero-order valence-corrected chi connectivity index (χ0v) is 18.2. The fourth-order valence-electron chi connectivity index (χ4n) is 3.85. The number of aromatic nitrogens is 3. The quantitative estimate of drug-likeness (QED) is 0.403. The lowest BCUT2D eigenvalue weighted by molar-refractivity contribution is 0.294. The summed E-state index contributed by atoms with van der Waals surface area (Å²) in [6.45, 7) is 8.67. The minimum absolute atomic E-state index is 0. The molecule has 4 rings (SSSR count). The summed E-state index contributed by atoms with van der Waals surface area (Å²) in [4.78, 5) is 7.39. The van der Waals surface area contributed by atoms with Crippen LogP contribution in [-0.2, 0) is 6.54 Å². The second-order valence-corrected chi connectivity index (χ2v) is 7.05. The average molecular weight is 413 g/mol. The zero-order valence-electron chi connectivity index (χ0n) is 17.3. The molecule has 5 nitrogen and oxygen atoms in total. The van der Waals surface area contributed by atoms with Gasteiger partial charge in [0.25, 0.3) is 0 Å². The molecule has 0 aliphatic carbocycles. The predicted octanol–water partition coefficient (Wildman–Crippen LogP) is 5.12. The lowest BCUT2D eigenvalue weighted by Crippen LogP contribution is -2.24. The van der Waals surface area contributed by atoms with Crippen molar-refractivity contribution in [1.82, 2.24) is 18.9 Å². The smallest absolute Gasteiger partial charge is 0.215 e. The van der Waals surface area contributed by atoms with Crippen molar-refractivity contribution in [2.45, 2.75) is 26.8 Å². The Balaban J connectivity index is 0.00000240. The maximum Gasteiger partial charge on any atom is 0.215 e. The standard InChI is InChI=1S/C23H28N4O.ClH/c1-4-25(5-2)15-8-16-26-22(18-11-13-19(28-3)14-12-18)17-27-21-10-7-6-9-20(21)24-23(26)27;/h6-7,9-14,17H,4-5,8,15-16H2,1-3H3;1H. The number of hydrogen-bond acceptors (Lipinski definition) is 3. The van der Waals surface area contributed by atoms with E-state index in [2.05, 4.69) is 64.2 Å². The third kappa shape index (κ3) is 4.11. The molecule has 2 aromatic heterocycles. The van der Waals surface area contributed by atoms with Gasteiger partial charge in [-0.2, -0.15) is 0 Å². The number of fused-ring (bicyclic) bond motifs is 3. The number of aryl methyl sites for hydroxylation is 1. The molecular formula is C23H29ClN4O. The SMILES string of the molecule is CCN(CC)CCCn1c(-c2ccc(OC)cc2)cn2c3ccccc3nc12.Cl. The molecule has 0 saturated heterocycles.